The molecule has 0 unspecified atom stereocenters. The third-order valence-electron chi connectivity index (χ3n) is 0. The second-order valence-electron chi connectivity index (χ2n) is 0. The van der Waals surface area contributed by atoms with Gasteiger partial charge in [-0.15, -0.1) is 0 Å². The van der Waals surface area contributed by atoms with Crippen molar-refractivity contribution >= 4 is 23.7 Å². The van der Waals surface area contributed by atoms with Crippen molar-refractivity contribution in [2.45, 2.75) is 0 Å². The molecule has 0 aliphatic heterocycles. The Bertz CT molecular complexity index is 6.85. The first-order chi connectivity index (χ1) is 0. The fourth-order valence-electron chi connectivity index (χ4n) is 0. The van der Waals surface area contributed by atoms with Crippen molar-refractivity contribution in [1.82, 2.24) is 0 Å². The molecule has 0 saturated carbocycles. The summed E-state index contributed by atoms with van der Waals surface area (Å²) in [5, 5.41) is 0. The van der Waals surface area contributed by atoms with Gasteiger partial charge in [0, 0.05) is 21.1 Å². The Kier molecular flexibility index (Phi) is 1090. The summed E-state index contributed by atoms with van der Waals surface area (Å²) in [6, 6.07) is 0. The van der Waals surface area contributed by atoms with E-state index in [9.17, 15) is 0 Å². The maximum absolute atomic E-state index is 0. The molecule has 0 aliphatic rings. The Balaban J connectivity index is 0. The van der Waals surface area contributed by atoms with E-state index in [2.05, 4.69) is 0 Å². The van der Waals surface area contributed by atoms with Crippen LogP contribution in [-0.4, -0.2) is 23.7 Å². The molecule has 5 heavy (non-hydrogen) atoms. The van der Waals surface area contributed by atoms with E-state index in [1.54, 1.807) is 0 Å². The molecular weight excluding hydrogens is 359 g/mol. The molecule has 0 bridgehead atoms. The minimum absolute atomic E-state index is 0. The van der Waals surface area contributed by atoms with Crippen molar-refractivity contribution in [1.29, 1.82) is 0 Å². The van der Waals surface area contributed by atoms with Crippen molar-refractivity contribution in [2.24, 2.45) is 0 Å². The smallest absolute Gasteiger partial charge is 0 e. The first-order valence-electron chi connectivity index (χ1n) is 0. The zero-order valence-electron chi connectivity index (χ0n) is 2.13. The molecule has 0 aromatic rings. The van der Waals surface area contributed by atoms with Crippen molar-refractivity contribution < 1.29 is 37.5 Å². The average molecular weight is 361 g/mol. The number of rotatable bonds is 0. The maximum atomic E-state index is 0. The van der Waals surface area contributed by atoms with E-state index < -0.39 is 0 Å². The summed E-state index contributed by atoms with van der Waals surface area (Å²) >= 11 is 0. The summed E-state index contributed by atoms with van der Waals surface area (Å²) in [6.45, 7) is 0. The number of hydrogen-bond donors (Lipinski definition) is 0. The van der Waals surface area contributed by atoms with Gasteiger partial charge in [-0.3, -0.25) is 0 Å². The molecule has 0 spiro atoms. The maximum Gasteiger partial charge on any atom is 0 e. The second-order valence-corrected chi connectivity index (χ2v) is 0. The van der Waals surface area contributed by atoms with Crippen LogP contribution in [0.1, 0.15) is 0 Å². The zero-order chi connectivity index (χ0) is 0. The van der Waals surface area contributed by atoms with E-state index in [0.29, 0.717) is 0 Å². The van der Waals surface area contributed by atoms with E-state index in [4.69, 9.17) is 0 Å². The Morgan fingerprint density at radius 2 is 0.600 bits per heavy atom. The predicted molar refractivity (Wildman–Crippen MR) is 10.6 cm³/mol. The quantitative estimate of drug-likeness (QED) is 0.482. The Morgan fingerprint density at radius 3 is 0.600 bits per heavy atom. The first kappa shape index (κ1) is 99.0. The SMILES string of the molecule is [O-2].[O-2].[O-2].[TeH2].[W]. The summed E-state index contributed by atoms with van der Waals surface area (Å²) in [5.74, 6) is 0. The van der Waals surface area contributed by atoms with E-state index in [0.717, 1.165) is 0 Å². The molecule has 0 aromatic heterocycles. The monoisotopic (exact) mass is 364 g/mol. The van der Waals surface area contributed by atoms with Gasteiger partial charge in [0.1, 0.15) is 0 Å². The minimum atomic E-state index is 0. The third-order valence-corrected chi connectivity index (χ3v) is 0. The molecule has 0 radical (unpaired) electrons. The summed E-state index contributed by atoms with van der Waals surface area (Å²) in [7, 11) is 0. The van der Waals surface area contributed by atoms with Crippen LogP contribution in [0, 0.1) is 0 Å². The van der Waals surface area contributed by atoms with E-state index >= 15 is 0 Å². The average Bonchev–Trinajstić information content (AvgIpc) is 0. The van der Waals surface area contributed by atoms with E-state index in [1.165, 1.54) is 0 Å². The van der Waals surface area contributed by atoms with Gasteiger partial charge >= 0.3 is 23.7 Å². The molecule has 0 atom stereocenters. The van der Waals surface area contributed by atoms with Gasteiger partial charge in [-0.2, -0.15) is 0 Å². The second kappa shape index (κ2) is 55.2. The Morgan fingerprint density at radius 1 is 0.600 bits per heavy atom. The van der Waals surface area contributed by atoms with Crippen LogP contribution in [0.4, 0.5) is 0 Å². The molecule has 38 valence electrons. The molecular formula is H2O3TeW-6. The van der Waals surface area contributed by atoms with Crippen molar-refractivity contribution in [2.75, 3.05) is 0 Å². The van der Waals surface area contributed by atoms with Crippen LogP contribution < -0.4 is 0 Å². The third kappa shape index (κ3) is 32.8. The summed E-state index contributed by atoms with van der Waals surface area (Å²) in [4.78, 5) is 0. The zero-order valence-corrected chi connectivity index (χ0v) is 7.92. The van der Waals surface area contributed by atoms with Gasteiger partial charge in [0.15, 0.2) is 0 Å². The molecule has 0 N–H and O–H groups in total. The molecule has 0 rings (SSSR count). The van der Waals surface area contributed by atoms with Gasteiger partial charge in [-0.05, 0) is 0 Å². The van der Waals surface area contributed by atoms with Gasteiger partial charge in [0.2, 0.25) is 0 Å². The largest absolute Gasteiger partial charge is 0 e. The van der Waals surface area contributed by atoms with Gasteiger partial charge in [0.25, 0.3) is 0 Å². The Hall–Kier alpha value is 1.36. The van der Waals surface area contributed by atoms with Crippen LogP contribution in [0.2, 0.25) is 0 Å². The molecule has 0 fully saturated rings. The molecule has 0 saturated heterocycles. The van der Waals surface area contributed by atoms with E-state index in [-0.39, 0.29) is 61.2 Å². The van der Waals surface area contributed by atoms with Gasteiger partial charge in [-0.1, -0.05) is 0 Å². The van der Waals surface area contributed by atoms with Crippen LogP contribution in [-0.2, 0) is 37.5 Å². The number of hydrogen-bond acceptors (Lipinski definition) is 0. The molecule has 0 amide bonds. The topological polar surface area (TPSA) is 85.5 Å². The summed E-state index contributed by atoms with van der Waals surface area (Å²) in [6.07, 6.45) is 0. The van der Waals surface area contributed by atoms with Crippen molar-refractivity contribution in [3.05, 3.63) is 0 Å². The standard InChI is InChI=1S/3O.H2Te.W/h;;;1H2;/q3*-2;;. The van der Waals surface area contributed by atoms with Gasteiger partial charge < -0.3 is 16.4 Å². The normalized spacial score (nSPS) is 0. The minimum Gasteiger partial charge on any atom is 0 e. The first-order valence-corrected chi connectivity index (χ1v) is 0. The molecule has 3 nitrogen and oxygen atoms in total. The molecule has 0 heterocycles. The van der Waals surface area contributed by atoms with Crippen LogP contribution in [0.3, 0.4) is 0 Å². The summed E-state index contributed by atoms with van der Waals surface area (Å²) < 4.78 is 0. The van der Waals surface area contributed by atoms with Crippen LogP contribution in [0.25, 0.3) is 0 Å². The fourth-order valence-corrected chi connectivity index (χ4v) is 0. The fraction of sp³-hybridized carbons (Fsp3) is 0. The van der Waals surface area contributed by atoms with Crippen LogP contribution in [0.5, 0.6) is 0 Å². The summed E-state index contributed by atoms with van der Waals surface area (Å²) in [5.41, 5.74) is 0. The van der Waals surface area contributed by atoms with Crippen LogP contribution in [0.15, 0.2) is 0 Å². The molecule has 5 heteroatoms. The molecule has 0 aromatic carbocycles. The molecule has 0 aliphatic carbocycles. The van der Waals surface area contributed by atoms with Crippen molar-refractivity contribution in [3.63, 3.8) is 0 Å². The van der Waals surface area contributed by atoms with Gasteiger partial charge in [-0.25, -0.2) is 0 Å². The van der Waals surface area contributed by atoms with Gasteiger partial charge in [0.05, 0.1) is 0 Å². The Labute approximate surface area is 61.0 Å². The predicted octanol–water partition coefficient (Wildman–Crippen LogP) is -1.28. The van der Waals surface area contributed by atoms with E-state index in [1.807, 2.05) is 0 Å². The van der Waals surface area contributed by atoms with Crippen LogP contribution >= 0.6 is 0 Å². The van der Waals surface area contributed by atoms with Crippen molar-refractivity contribution in [3.8, 4) is 0 Å².